The molecule has 0 saturated heterocycles. The lowest BCUT2D eigenvalue weighted by Gasteiger charge is -2.20. The van der Waals surface area contributed by atoms with Crippen molar-refractivity contribution in [2.24, 2.45) is 0 Å². The molecule has 0 spiro atoms. The van der Waals surface area contributed by atoms with Gasteiger partial charge in [-0.15, -0.1) is 0 Å². The fourth-order valence-electron chi connectivity index (χ4n) is 1.60. The Bertz CT molecular complexity index is 362. The molecule has 1 aromatic carbocycles. The summed E-state index contributed by atoms with van der Waals surface area (Å²) in [6.45, 7) is 3.06. The van der Waals surface area contributed by atoms with Crippen molar-refractivity contribution in [2.75, 3.05) is 39.5 Å². The highest BCUT2D eigenvalue weighted by Gasteiger charge is 2.16. The maximum atomic E-state index is 8.60. The normalized spacial score (nSPS) is 12.7. The minimum absolute atomic E-state index is 0. The van der Waals surface area contributed by atoms with Gasteiger partial charge in [-0.1, -0.05) is 6.07 Å². The number of aliphatic hydroxyl groups is 1. The summed E-state index contributed by atoms with van der Waals surface area (Å²) in [5.74, 6) is 2.12. The summed E-state index contributed by atoms with van der Waals surface area (Å²) >= 11 is 0. The van der Waals surface area contributed by atoms with Crippen LogP contribution in [0.25, 0.3) is 0 Å². The van der Waals surface area contributed by atoms with Crippen LogP contribution in [0.2, 0.25) is 0 Å². The topological polar surface area (TPSA) is 60.0 Å². The summed E-state index contributed by atoms with van der Waals surface area (Å²) in [5.41, 5.74) is 0. The number of para-hydroxylation sites is 1. The number of benzene rings is 1. The van der Waals surface area contributed by atoms with Gasteiger partial charge in [0.2, 0.25) is 5.75 Å². The van der Waals surface area contributed by atoms with Crippen LogP contribution in [0.4, 0.5) is 0 Å². The quantitative estimate of drug-likeness (QED) is 0.558. The van der Waals surface area contributed by atoms with E-state index < -0.39 is 0 Å². The van der Waals surface area contributed by atoms with Crippen LogP contribution in [0.3, 0.4) is 0 Å². The summed E-state index contributed by atoms with van der Waals surface area (Å²) in [7, 11) is 0. The molecule has 102 valence electrons. The predicted octanol–water partition coefficient (Wildman–Crippen LogP) is -2.58. The van der Waals surface area contributed by atoms with Crippen LogP contribution in [-0.2, 0) is 0 Å². The Morgan fingerprint density at radius 3 is 2.89 bits per heavy atom. The van der Waals surface area contributed by atoms with Gasteiger partial charge in [-0.2, -0.15) is 0 Å². The van der Waals surface area contributed by atoms with Crippen molar-refractivity contribution in [2.45, 2.75) is 0 Å². The first-order valence-electron chi connectivity index (χ1n) is 5.75. The minimum atomic E-state index is 0. The van der Waals surface area contributed by atoms with Gasteiger partial charge in [-0.3, -0.25) is 0 Å². The van der Waals surface area contributed by atoms with Crippen molar-refractivity contribution >= 4 is 0 Å². The van der Waals surface area contributed by atoms with E-state index in [9.17, 15) is 0 Å². The molecule has 0 unspecified atom stereocenters. The van der Waals surface area contributed by atoms with Gasteiger partial charge in [0.15, 0.2) is 11.5 Å². The molecule has 18 heavy (non-hydrogen) atoms. The number of nitrogens with one attached hydrogen (secondary N) is 1. The molecule has 0 bridgehead atoms. The van der Waals surface area contributed by atoms with Crippen molar-refractivity contribution in [1.82, 2.24) is 5.32 Å². The Morgan fingerprint density at radius 2 is 2.06 bits per heavy atom. The predicted molar refractivity (Wildman–Crippen MR) is 62.9 cm³/mol. The first kappa shape index (κ1) is 14.9. The largest absolute Gasteiger partial charge is 1.00 e. The molecule has 1 aliphatic heterocycles. The third kappa shape index (κ3) is 3.94. The van der Waals surface area contributed by atoms with Crippen LogP contribution in [0.5, 0.6) is 17.2 Å². The molecule has 5 nitrogen and oxygen atoms in total. The molecule has 0 aliphatic carbocycles. The van der Waals surface area contributed by atoms with Gasteiger partial charge < -0.3 is 37.0 Å². The number of fused-ring (bicyclic) bond motifs is 1. The SMILES string of the molecule is OCCNCCOc1cccc2c1OCCO2.[Cl-]. The highest BCUT2D eigenvalue weighted by molar-refractivity contribution is 5.51. The van der Waals surface area contributed by atoms with E-state index in [0.29, 0.717) is 44.4 Å². The molecule has 2 N–H and O–H groups in total. The van der Waals surface area contributed by atoms with Crippen LogP contribution < -0.4 is 31.9 Å². The van der Waals surface area contributed by atoms with E-state index in [1.165, 1.54) is 0 Å². The van der Waals surface area contributed by atoms with E-state index >= 15 is 0 Å². The lowest BCUT2D eigenvalue weighted by Crippen LogP contribution is -3.00. The number of hydrogen-bond donors (Lipinski definition) is 2. The molecule has 0 atom stereocenters. The van der Waals surface area contributed by atoms with Crippen molar-refractivity contribution in [3.63, 3.8) is 0 Å². The molecule has 1 aliphatic rings. The summed E-state index contributed by atoms with van der Waals surface area (Å²) in [6, 6.07) is 5.61. The van der Waals surface area contributed by atoms with Gasteiger partial charge in [-0.25, -0.2) is 0 Å². The number of halogens is 1. The zero-order chi connectivity index (χ0) is 11.9. The molecule has 0 saturated carbocycles. The fraction of sp³-hybridized carbons (Fsp3) is 0.500. The second kappa shape index (κ2) is 8.02. The first-order chi connectivity index (χ1) is 8.42. The maximum Gasteiger partial charge on any atom is 0.203 e. The monoisotopic (exact) mass is 274 g/mol. The van der Waals surface area contributed by atoms with Crippen molar-refractivity contribution in [3.8, 4) is 17.2 Å². The van der Waals surface area contributed by atoms with Crippen molar-refractivity contribution < 1.29 is 31.7 Å². The highest BCUT2D eigenvalue weighted by atomic mass is 35.5. The van der Waals surface area contributed by atoms with Crippen LogP contribution in [0, 0.1) is 0 Å². The summed E-state index contributed by atoms with van der Waals surface area (Å²) in [6.07, 6.45) is 0. The van der Waals surface area contributed by atoms with Crippen molar-refractivity contribution in [3.05, 3.63) is 18.2 Å². The van der Waals surface area contributed by atoms with Gasteiger partial charge in [0, 0.05) is 13.1 Å². The number of rotatable bonds is 6. The summed E-state index contributed by atoms with van der Waals surface area (Å²) in [5, 5.41) is 11.6. The molecule has 6 heteroatoms. The Hall–Kier alpha value is -1.17. The van der Waals surface area contributed by atoms with Gasteiger partial charge in [-0.05, 0) is 12.1 Å². The zero-order valence-corrected chi connectivity index (χ0v) is 10.8. The second-order valence-electron chi connectivity index (χ2n) is 3.60. The van der Waals surface area contributed by atoms with E-state index in [4.69, 9.17) is 19.3 Å². The van der Waals surface area contributed by atoms with E-state index in [1.54, 1.807) is 0 Å². The van der Waals surface area contributed by atoms with Crippen LogP contribution in [0.15, 0.2) is 18.2 Å². The van der Waals surface area contributed by atoms with Gasteiger partial charge in [0.1, 0.15) is 19.8 Å². The number of aliphatic hydroxyl groups excluding tert-OH is 1. The minimum Gasteiger partial charge on any atom is -1.00 e. The molecule has 1 heterocycles. The lowest BCUT2D eigenvalue weighted by molar-refractivity contribution is -0.00000552. The van der Waals surface area contributed by atoms with Crippen LogP contribution in [-0.4, -0.2) is 44.6 Å². The highest BCUT2D eigenvalue weighted by Crippen LogP contribution is 2.38. The lowest BCUT2D eigenvalue weighted by atomic mass is 10.3. The molecule has 0 amide bonds. The van der Waals surface area contributed by atoms with Gasteiger partial charge in [0.05, 0.1) is 6.61 Å². The standard InChI is InChI=1S/C12H17NO4.ClH/c14-6-4-13-5-7-15-10-2-1-3-11-12(10)17-9-8-16-11;/h1-3,13-14H,4-9H2;1H/p-1. The Morgan fingerprint density at radius 1 is 1.22 bits per heavy atom. The maximum absolute atomic E-state index is 8.60. The molecule has 2 rings (SSSR count). The molecular weight excluding hydrogens is 258 g/mol. The van der Waals surface area contributed by atoms with E-state index in [2.05, 4.69) is 5.32 Å². The fourth-order valence-corrected chi connectivity index (χ4v) is 1.60. The molecular formula is C12H17ClNO4-. The Kier molecular flexibility index (Phi) is 6.64. The van der Waals surface area contributed by atoms with Crippen LogP contribution >= 0.6 is 0 Å². The van der Waals surface area contributed by atoms with Gasteiger partial charge in [0.25, 0.3) is 0 Å². The van der Waals surface area contributed by atoms with Crippen molar-refractivity contribution in [1.29, 1.82) is 0 Å². The molecule has 0 radical (unpaired) electrons. The second-order valence-corrected chi connectivity index (χ2v) is 3.60. The molecule has 0 fully saturated rings. The smallest absolute Gasteiger partial charge is 0.203 e. The summed E-state index contributed by atoms with van der Waals surface area (Å²) in [4.78, 5) is 0. The molecule has 1 aromatic rings. The third-order valence-electron chi connectivity index (χ3n) is 2.36. The average molecular weight is 275 g/mol. The Labute approximate surface area is 112 Å². The number of hydrogen-bond acceptors (Lipinski definition) is 5. The molecule has 0 aromatic heterocycles. The van der Waals surface area contributed by atoms with Gasteiger partial charge >= 0.3 is 0 Å². The Balaban J connectivity index is 0.00000162. The first-order valence-corrected chi connectivity index (χ1v) is 5.75. The number of ether oxygens (including phenoxy) is 3. The van der Waals surface area contributed by atoms with E-state index in [0.717, 1.165) is 5.75 Å². The van der Waals surface area contributed by atoms with E-state index in [1.807, 2.05) is 18.2 Å². The third-order valence-corrected chi connectivity index (χ3v) is 2.36. The zero-order valence-electron chi connectivity index (χ0n) is 10.0. The van der Waals surface area contributed by atoms with E-state index in [-0.39, 0.29) is 19.0 Å². The summed E-state index contributed by atoms with van der Waals surface area (Å²) < 4.78 is 16.6. The van der Waals surface area contributed by atoms with Crippen LogP contribution in [0.1, 0.15) is 0 Å². The average Bonchev–Trinajstić information content (AvgIpc) is 2.39.